The summed E-state index contributed by atoms with van der Waals surface area (Å²) in [6.07, 6.45) is 0.795. The number of carboxylic acid groups (broad SMARTS) is 2. The van der Waals surface area contributed by atoms with Crippen molar-refractivity contribution in [3.63, 3.8) is 0 Å². The van der Waals surface area contributed by atoms with Gasteiger partial charge in [-0.1, -0.05) is 32.9 Å². The molecule has 2 atom stereocenters. The molecule has 0 spiro atoms. The van der Waals surface area contributed by atoms with Crippen LogP contribution in [0.3, 0.4) is 0 Å². The van der Waals surface area contributed by atoms with Gasteiger partial charge in [-0.15, -0.1) is 0 Å². The second-order valence-corrected chi connectivity index (χ2v) is 6.79. The third kappa shape index (κ3) is 2.81. The number of carbonyl (C=O) groups excluding carboxylic acids is 3. The fourth-order valence-electron chi connectivity index (χ4n) is 3.28. The largest absolute Gasteiger partial charge is 0.550 e. The molecule has 0 bridgehead atoms. The molecule has 1 aromatic rings. The molecule has 124 valence electrons. The average molecular weight is 317 g/mol. The van der Waals surface area contributed by atoms with Crippen molar-refractivity contribution in [3.05, 3.63) is 29.8 Å². The normalized spacial score (nSPS) is 25.8. The summed E-state index contributed by atoms with van der Waals surface area (Å²) in [5.74, 6) is -3.31. The lowest BCUT2D eigenvalue weighted by molar-refractivity contribution is -0.323. The Morgan fingerprint density at radius 3 is 2.35 bits per heavy atom. The van der Waals surface area contributed by atoms with Gasteiger partial charge in [-0.3, -0.25) is 4.79 Å². The van der Waals surface area contributed by atoms with Crippen LogP contribution in [0.25, 0.3) is 0 Å². The smallest absolute Gasteiger partial charge is 0.228 e. The number of benzene rings is 1. The Morgan fingerprint density at radius 2 is 1.83 bits per heavy atom. The predicted octanol–water partition coefficient (Wildman–Crippen LogP) is 0.181. The number of rotatable bonds is 4. The Kier molecular flexibility index (Phi) is 4.20. The van der Waals surface area contributed by atoms with Crippen molar-refractivity contribution in [1.29, 1.82) is 0 Å². The molecule has 6 nitrogen and oxygen atoms in total. The van der Waals surface area contributed by atoms with E-state index < -0.39 is 28.7 Å². The van der Waals surface area contributed by atoms with E-state index in [-0.39, 0.29) is 11.5 Å². The van der Waals surface area contributed by atoms with Crippen LogP contribution >= 0.6 is 0 Å². The maximum atomic E-state index is 12.5. The molecule has 23 heavy (non-hydrogen) atoms. The topological polar surface area (TPSA) is 109 Å². The van der Waals surface area contributed by atoms with Gasteiger partial charge in [0.2, 0.25) is 5.91 Å². The van der Waals surface area contributed by atoms with Crippen molar-refractivity contribution in [2.45, 2.75) is 33.6 Å². The first-order valence-electron chi connectivity index (χ1n) is 7.43. The van der Waals surface area contributed by atoms with Gasteiger partial charge >= 0.3 is 0 Å². The first kappa shape index (κ1) is 17.0. The van der Waals surface area contributed by atoms with Crippen LogP contribution in [0.1, 0.15) is 44.0 Å². The van der Waals surface area contributed by atoms with Gasteiger partial charge in [0, 0.05) is 23.0 Å². The number of anilines is 1. The summed E-state index contributed by atoms with van der Waals surface area (Å²) in [5.41, 5.74) is -1.55. The van der Waals surface area contributed by atoms with E-state index in [9.17, 15) is 24.6 Å². The Labute approximate surface area is 134 Å². The number of hydrogen-bond acceptors (Lipinski definition) is 5. The number of amides is 1. The van der Waals surface area contributed by atoms with E-state index in [1.54, 1.807) is 26.8 Å². The maximum absolute atomic E-state index is 12.5. The summed E-state index contributed by atoms with van der Waals surface area (Å²) in [5, 5.41) is 25.0. The number of aliphatic carboxylic acids is 1. The van der Waals surface area contributed by atoms with Crippen LogP contribution in [0, 0.1) is 16.7 Å². The van der Waals surface area contributed by atoms with E-state index in [0.29, 0.717) is 18.5 Å². The lowest BCUT2D eigenvalue weighted by atomic mass is 9.65. The first-order valence-corrected chi connectivity index (χ1v) is 7.43. The third-order valence-electron chi connectivity index (χ3n) is 5.36. The van der Waals surface area contributed by atoms with E-state index in [1.807, 2.05) is 0 Å². The Bertz CT molecular complexity index is 667. The highest BCUT2D eigenvalue weighted by atomic mass is 16.4. The van der Waals surface area contributed by atoms with Crippen molar-refractivity contribution >= 4 is 23.5 Å². The summed E-state index contributed by atoms with van der Waals surface area (Å²) < 4.78 is 0. The third-order valence-corrected chi connectivity index (χ3v) is 5.36. The molecule has 0 saturated heterocycles. The SMILES string of the molecule is CC1(C)[C@H](C(=O)Nc2cccc(C(=O)[O-])c2)CC[C@@]1(C)C(=O)[O-]. The monoisotopic (exact) mass is 317 g/mol. The van der Waals surface area contributed by atoms with Crippen molar-refractivity contribution in [3.8, 4) is 0 Å². The van der Waals surface area contributed by atoms with Crippen molar-refractivity contribution in [2.24, 2.45) is 16.7 Å². The summed E-state index contributed by atoms with van der Waals surface area (Å²) in [7, 11) is 0. The number of carboxylic acids is 2. The molecular weight excluding hydrogens is 298 g/mol. The predicted molar refractivity (Wildman–Crippen MR) is 79.0 cm³/mol. The Morgan fingerprint density at radius 1 is 1.17 bits per heavy atom. The minimum atomic E-state index is -1.33. The van der Waals surface area contributed by atoms with Crippen molar-refractivity contribution in [1.82, 2.24) is 0 Å². The second kappa shape index (κ2) is 5.68. The molecular formula is C17H19NO5-2. The lowest BCUT2D eigenvalue weighted by Gasteiger charge is -2.41. The van der Waals surface area contributed by atoms with E-state index in [4.69, 9.17) is 0 Å². The van der Waals surface area contributed by atoms with E-state index in [1.165, 1.54) is 18.2 Å². The number of aromatic carboxylic acids is 1. The lowest BCUT2D eigenvalue weighted by Crippen LogP contribution is -2.49. The standard InChI is InChI=1S/C17H21NO5/c1-16(2)12(7-8-17(16,3)15(22)23)13(19)18-11-6-4-5-10(9-11)14(20)21/h4-6,9,12H,7-8H2,1-3H3,(H,18,19)(H,20,21)(H,22,23)/p-2/t12-,17-/m0/s1. The van der Waals surface area contributed by atoms with Crippen molar-refractivity contribution in [2.75, 3.05) is 5.32 Å². The van der Waals surface area contributed by atoms with Crippen LogP contribution in [-0.4, -0.2) is 17.8 Å². The van der Waals surface area contributed by atoms with Crippen molar-refractivity contribution < 1.29 is 24.6 Å². The minimum Gasteiger partial charge on any atom is -0.550 e. The van der Waals surface area contributed by atoms with Gasteiger partial charge < -0.3 is 25.1 Å². The average Bonchev–Trinajstić information content (AvgIpc) is 2.71. The van der Waals surface area contributed by atoms with Gasteiger partial charge in [0.25, 0.3) is 0 Å². The van der Waals surface area contributed by atoms with Gasteiger partial charge in [0.05, 0.1) is 5.97 Å². The summed E-state index contributed by atoms with van der Waals surface area (Å²) in [4.78, 5) is 34.9. The van der Waals surface area contributed by atoms with E-state index in [0.717, 1.165) is 0 Å². The fraction of sp³-hybridized carbons (Fsp3) is 0.471. The van der Waals surface area contributed by atoms with Gasteiger partial charge in [0.15, 0.2) is 0 Å². The zero-order valence-corrected chi connectivity index (χ0v) is 13.3. The summed E-state index contributed by atoms with van der Waals surface area (Å²) >= 11 is 0. The van der Waals surface area contributed by atoms with Gasteiger partial charge in [-0.05, 0) is 36.0 Å². The molecule has 1 fully saturated rings. The molecule has 0 radical (unpaired) electrons. The molecule has 0 aromatic heterocycles. The van der Waals surface area contributed by atoms with Gasteiger partial charge in [0.1, 0.15) is 0 Å². The molecule has 1 aromatic carbocycles. The van der Waals surface area contributed by atoms with Crippen LogP contribution in [0.15, 0.2) is 24.3 Å². The number of hydrogen-bond donors (Lipinski definition) is 1. The molecule has 1 aliphatic rings. The second-order valence-electron chi connectivity index (χ2n) is 6.79. The zero-order chi connectivity index (χ0) is 17.4. The number of carbonyl (C=O) groups is 3. The quantitative estimate of drug-likeness (QED) is 0.852. The van der Waals surface area contributed by atoms with Crippen LogP contribution in [0.2, 0.25) is 0 Å². The zero-order valence-electron chi connectivity index (χ0n) is 13.3. The fourth-order valence-corrected chi connectivity index (χ4v) is 3.28. The maximum Gasteiger partial charge on any atom is 0.228 e. The molecule has 1 saturated carbocycles. The number of nitrogens with one attached hydrogen (secondary N) is 1. The summed E-state index contributed by atoms with van der Waals surface area (Å²) in [6, 6.07) is 5.76. The minimum absolute atomic E-state index is 0.0342. The van der Waals surface area contributed by atoms with E-state index >= 15 is 0 Å². The highest BCUT2D eigenvalue weighted by molar-refractivity contribution is 5.95. The molecule has 2 rings (SSSR count). The van der Waals surface area contributed by atoms with Gasteiger partial charge in [-0.2, -0.15) is 0 Å². The molecule has 0 aliphatic heterocycles. The van der Waals surface area contributed by atoms with Gasteiger partial charge in [-0.25, -0.2) is 0 Å². The molecule has 0 heterocycles. The molecule has 1 aliphatic carbocycles. The van der Waals surface area contributed by atoms with Crippen LogP contribution < -0.4 is 15.5 Å². The molecule has 0 unspecified atom stereocenters. The highest BCUT2D eigenvalue weighted by Crippen LogP contribution is 2.55. The van der Waals surface area contributed by atoms with Crippen LogP contribution in [0.5, 0.6) is 0 Å². The Hall–Kier alpha value is -2.37. The van der Waals surface area contributed by atoms with Crippen LogP contribution in [-0.2, 0) is 9.59 Å². The molecule has 1 N–H and O–H groups in total. The Balaban J connectivity index is 2.21. The first-order chi connectivity index (χ1) is 10.6. The summed E-state index contributed by atoms with van der Waals surface area (Å²) in [6.45, 7) is 5.10. The van der Waals surface area contributed by atoms with E-state index in [2.05, 4.69) is 5.32 Å². The molecule has 6 heteroatoms. The van der Waals surface area contributed by atoms with Crippen LogP contribution in [0.4, 0.5) is 5.69 Å². The molecule has 1 amide bonds. The highest BCUT2D eigenvalue weighted by Gasteiger charge is 2.54.